The van der Waals surface area contributed by atoms with Crippen molar-refractivity contribution in [3.63, 3.8) is 0 Å². The summed E-state index contributed by atoms with van der Waals surface area (Å²) < 4.78 is 20.1. The molecule has 0 aromatic heterocycles. The van der Waals surface area contributed by atoms with Gasteiger partial charge in [-0.1, -0.05) is 0 Å². The molecule has 0 bridgehead atoms. The van der Waals surface area contributed by atoms with Gasteiger partial charge in [0.2, 0.25) is 5.91 Å². The van der Waals surface area contributed by atoms with Crippen molar-refractivity contribution in [2.24, 2.45) is 5.92 Å². The van der Waals surface area contributed by atoms with E-state index in [0.29, 0.717) is 19.0 Å². The molecule has 1 heterocycles. The number of nitrogens with one attached hydrogen (secondary N) is 2. The molecule has 35 heavy (non-hydrogen) atoms. The van der Waals surface area contributed by atoms with Gasteiger partial charge >= 0.3 is 0 Å². The monoisotopic (exact) mass is 506 g/mol. The average molecular weight is 507 g/mol. The van der Waals surface area contributed by atoms with E-state index in [1.165, 1.54) is 45.2 Å². The Kier molecular flexibility index (Phi) is 11.0. The van der Waals surface area contributed by atoms with Crippen molar-refractivity contribution in [1.29, 1.82) is 0 Å². The predicted octanol–water partition coefficient (Wildman–Crippen LogP) is 3.41. The minimum absolute atomic E-state index is 0.0596. The molecule has 0 radical (unpaired) electrons. The van der Waals surface area contributed by atoms with Gasteiger partial charge in [-0.25, -0.2) is 8.51 Å². The van der Waals surface area contributed by atoms with Gasteiger partial charge in [0, 0.05) is 32.1 Å². The molecule has 2 N–H and O–H groups in total. The number of carbonyl (C=O) groups is 1. The zero-order valence-electron chi connectivity index (χ0n) is 22.4. The number of likely N-dealkylation sites (tertiary alicyclic amines) is 1. The highest BCUT2D eigenvalue weighted by Gasteiger charge is 2.24. The first-order chi connectivity index (χ1) is 16.8. The number of amides is 1. The lowest BCUT2D eigenvalue weighted by Crippen LogP contribution is -2.42. The smallest absolute Gasteiger partial charge is 0.221 e. The first kappa shape index (κ1) is 28.1. The van der Waals surface area contributed by atoms with Crippen molar-refractivity contribution in [2.45, 2.75) is 82.2 Å². The quantitative estimate of drug-likeness (QED) is 0.481. The Morgan fingerprint density at radius 2 is 1.71 bits per heavy atom. The lowest BCUT2D eigenvalue weighted by molar-refractivity contribution is -0.122. The van der Waals surface area contributed by atoms with E-state index in [1.807, 2.05) is 33.0 Å². The second-order valence-electron chi connectivity index (χ2n) is 10.5. The van der Waals surface area contributed by atoms with Crippen molar-refractivity contribution in [3.8, 4) is 5.75 Å². The van der Waals surface area contributed by atoms with Crippen LogP contribution in [0.3, 0.4) is 0 Å². The number of nitrogens with zero attached hydrogens (tertiary/aromatic N) is 2. The highest BCUT2D eigenvalue weighted by molar-refractivity contribution is 7.82. The molecular weight excluding hydrogens is 460 g/mol. The van der Waals surface area contributed by atoms with Gasteiger partial charge in [-0.3, -0.25) is 4.79 Å². The van der Waals surface area contributed by atoms with E-state index < -0.39 is 11.0 Å². The number of aryl methyl sites for hydroxylation is 2. The third-order valence-electron chi connectivity index (χ3n) is 7.70. The van der Waals surface area contributed by atoms with Crippen LogP contribution in [0.25, 0.3) is 0 Å². The van der Waals surface area contributed by atoms with E-state index in [-0.39, 0.29) is 11.9 Å². The fraction of sp³-hybridized carbons (Fsp3) is 0.741. The minimum atomic E-state index is -1.31. The van der Waals surface area contributed by atoms with Crippen LogP contribution < -0.4 is 15.4 Å². The normalized spacial score (nSPS) is 22.8. The van der Waals surface area contributed by atoms with Crippen LogP contribution in [0.4, 0.5) is 0 Å². The number of ether oxygens (including phenoxy) is 1. The molecule has 1 saturated heterocycles. The standard InChI is InChI=1S/C27H46N4O3S/c1-20-18-25(34-5)19-21(2)27(20)35(33)31(4)17-13-26(32)29-24-8-6-22(7-9-24)10-14-28-23-11-15-30(3)16-12-23/h18-19,22-24,28H,6-17H2,1-5H3,(H,29,32). The van der Waals surface area contributed by atoms with Gasteiger partial charge in [0.25, 0.3) is 0 Å². The van der Waals surface area contributed by atoms with Crippen molar-refractivity contribution in [3.05, 3.63) is 23.3 Å². The molecule has 1 aromatic carbocycles. The summed E-state index contributed by atoms with van der Waals surface area (Å²) in [6.07, 6.45) is 8.65. The molecule has 198 valence electrons. The van der Waals surface area contributed by atoms with Crippen molar-refractivity contribution < 1.29 is 13.7 Å². The number of carbonyl (C=O) groups excluding carboxylic acids is 1. The Hall–Kier alpha value is -1.48. The van der Waals surface area contributed by atoms with Gasteiger partial charge in [0.1, 0.15) is 16.7 Å². The number of piperidine rings is 1. The molecule has 1 saturated carbocycles. The van der Waals surface area contributed by atoms with Crippen LogP contribution in [0.2, 0.25) is 0 Å². The molecule has 2 aliphatic rings. The third kappa shape index (κ3) is 8.55. The van der Waals surface area contributed by atoms with Crippen LogP contribution in [0.15, 0.2) is 17.0 Å². The molecule has 1 aliphatic heterocycles. The van der Waals surface area contributed by atoms with Gasteiger partial charge in [-0.2, -0.15) is 0 Å². The van der Waals surface area contributed by atoms with Crippen LogP contribution in [-0.2, 0) is 15.8 Å². The molecule has 7 nitrogen and oxygen atoms in total. The fourth-order valence-corrected chi connectivity index (χ4v) is 6.64. The molecule has 1 aromatic rings. The Bertz CT molecular complexity index is 826. The van der Waals surface area contributed by atoms with Crippen molar-refractivity contribution in [2.75, 3.05) is 47.4 Å². The van der Waals surface area contributed by atoms with Gasteiger partial charge < -0.3 is 20.3 Å². The molecular formula is C27H46N4O3S. The third-order valence-corrected chi connectivity index (χ3v) is 9.44. The van der Waals surface area contributed by atoms with E-state index >= 15 is 0 Å². The summed E-state index contributed by atoms with van der Waals surface area (Å²) in [4.78, 5) is 15.8. The highest BCUT2D eigenvalue weighted by atomic mass is 32.2. The fourth-order valence-electron chi connectivity index (χ4n) is 5.40. The summed E-state index contributed by atoms with van der Waals surface area (Å²) in [7, 11) is 4.35. The molecule has 1 unspecified atom stereocenters. The van der Waals surface area contributed by atoms with Gasteiger partial charge in [-0.05, 0) is 115 Å². The lowest BCUT2D eigenvalue weighted by atomic mass is 9.84. The second kappa shape index (κ2) is 13.7. The molecule has 1 atom stereocenters. The van der Waals surface area contributed by atoms with Crippen LogP contribution in [0.1, 0.15) is 62.5 Å². The summed E-state index contributed by atoms with van der Waals surface area (Å²) in [5.74, 6) is 1.60. The zero-order valence-corrected chi connectivity index (χ0v) is 23.2. The van der Waals surface area contributed by atoms with E-state index in [4.69, 9.17) is 4.74 Å². The van der Waals surface area contributed by atoms with Gasteiger partial charge in [0.15, 0.2) is 0 Å². The molecule has 2 fully saturated rings. The molecule has 8 heteroatoms. The van der Waals surface area contributed by atoms with Gasteiger partial charge in [-0.15, -0.1) is 0 Å². The lowest BCUT2D eigenvalue weighted by Gasteiger charge is -2.32. The second-order valence-corrected chi connectivity index (χ2v) is 12.1. The highest BCUT2D eigenvalue weighted by Crippen LogP contribution is 2.27. The number of hydrogen-bond acceptors (Lipinski definition) is 5. The van der Waals surface area contributed by atoms with Gasteiger partial charge in [0.05, 0.1) is 12.0 Å². The Morgan fingerprint density at radius 3 is 2.31 bits per heavy atom. The zero-order chi connectivity index (χ0) is 25.4. The van der Waals surface area contributed by atoms with E-state index in [2.05, 4.69) is 22.6 Å². The maximum absolute atomic E-state index is 13.1. The van der Waals surface area contributed by atoms with Crippen LogP contribution in [0.5, 0.6) is 5.75 Å². The number of hydrogen-bond donors (Lipinski definition) is 2. The topological polar surface area (TPSA) is 73.9 Å². The summed E-state index contributed by atoms with van der Waals surface area (Å²) in [5.41, 5.74) is 1.88. The van der Waals surface area contributed by atoms with E-state index in [1.54, 1.807) is 11.4 Å². The molecule has 3 rings (SSSR count). The van der Waals surface area contributed by atoms with E-state index in [9.17, 15) is 9.00 Å². The van der Waals surface area contributed by atoms with Crippen LogP contribution in [-0.4, -0.2) is 78.8 Å². The Balaban J connectivity index is 1.33. The Morgan fingerprint density at radius 1 is 1.09 bits per heavy atom. The molecule has 1 aliphatic carbocycles. The number of benzene rings is 1. The van der Waals surface area contributed by atoms with E-state index in [0.717, 1.165) is 47.1 Å². The minimum Gasteiger partial charge on any atom is -0.497 e. The summed E-state index contributed by atoms with van der Waals surface area (Å²) >= 11 is 0. The van der Waals surface area contributed by atoms with Crippen LogP contribution >= 0.6 is 0 Å². The summed E-state index contributed by atoms with van der Waals surface area (Å²) in [5, 5.41) is 6.98. The first-order valence-electron chi connectivity index (χ1n) is 13.3. The van der Waals surface area contributed by atoms with Crippen molar-refractivity contribution in [1.82, 2.24) is 19.8 Å². The first-order valence-corrected chi connectivity index (χ1v) is 14.4. The summed E-state index contributed by atoms with van der Waals surface area (Å²) in [6.45, 7) is 7.88. The summed E-state index contributed by atoms with van der Waals surface area (Å²) in [6, 6.07) is 4.78. The number of methoxy groups -OCH3 is 1. The van der Waals surface area contributed by atoms with Crippen LogP contribution in [0, 0.1) is 19.8 Å². The predicted molar refractivity (Wildman–Crippen MR) is 143 cm³/mol. The largest absolute Gasteiger partial charge is 0.497 e. The maximum Gasteiger partial charge on any atom is 0.221 e. The van der Waals surface area contributed by atoms with Crippen molar-refractivity contribution >= 4 is 16.9 Å². The number of rotatable bonds is 11. The maximum atomic E-state index is 13.1. The average Bonchev–Trinajstić information content (AvgIpc) is 2.84. The Labute approximate surface area is 214 Å². The molecule has 1 amide bonds. The SMILES string of the molecule is COc1cc(C)c(S(=O)N(C)CCC(=O)NC2CCC(CCNC3CCN(C)CC3)CC2)c(C)c1. The molecule has 0 spiro atoms.